The first-order chi connectivity index (χ1) is 14.0. The second-order valence-electron chi connectivity index (χ2n) is 9.33. The van der Waals surface area contributed by atoms with Gasteiger partial charge in [0.2, 0.25) is 0 Å². The molecule has 1 aromatic carbocycles. The van der Waals surface area contributed by atoms with Gasteiger partial charge >= 0.3 is 11.9 Å². The smallest absolute Gasteiger partial charge is 0.306 e. The summed E-state index contributed by atoms with van der Waals surface area (Å²) in [5.41, 5.74) is 0.682. The van der Waals surface area contributed by atoms with Gasteiger partial charge in [-0.15, -0.1) is 0 Å². The van der Waals surface area contributed by atoms with E-state index in [1.807, 2.05) is 25.1 Å². The highest BCUT2D eigenvalue weighted by atomic mass is 16.6. The fourth-order valence-electron chi connectivity index (χ4n) is 3.30. The molecule has 1 rings (SSSR count). The van der Waals surface area contributed by atoms with Crippen molar-refractivity contribution in [3.63, 3.8) is 0 Å². The van der Waals surface area contributed by atoms with E-state index in [4.69, 9.17) is 14.2 Å². The van der Waals surface area contributed by atoms with Crippen LogP contribution in [0.3, 0.4) is 0 Å². The lowest BCUT2D eigenvalue weighted by Crippen LogP contribution is -2.39. The molecule has 0 saturated carbocycles. The van der Waals surface area contributed by atoms with Crippen LogP contribution in [0.5, 0.6) is 0 Å². The van der Waals surface area contributed by atoms with Gasteiger partial charge in [-0.3, -0.25) is 9.59 Å². The Hall–Kier alpha value is -1.88. The zero-order valence-corrected chi connectivity index (χ0v) is 19.8. The molecule has 0 aliphatic rings. The number of benzene rings is 1. The Bertz CT molecular complexity index is 633. The van der Waals surface area contributed by atoms with Crippen LogP contribution in [0.1, 0.15) is 73.3 Å². The summed E-state index contributed by atoms with van der Waals surface area (Å²) in [7, 11) is 0. The molecule has 0 heterocycles. The monoisotopic (exact) mass is 420 g/mol. The summed E-state index contributed by atoms with van der Waals surface area (Å²) in [6, 6.07) is 10.3. The van der Waals surface area contributed by atoms with Crippen LogP contribution < -0.4 is 0 Å². The maximum Gasteiger partial charge on any atom is 0.306 e. The van der Waals surface area contributed by atoms with Gasteiger partial charge in [0.1, 0.15) is 11.7 Å². The van der Waals surface area contributed by atoms with Crippen molar-refractivity contribution in [2.75, 3.05) is 6.61 Å². The molecule has 0 aliphatic heterocycles. The third-order valence-electron chi connectivity index (χ3n) is 4.68. The molecule has 0 spiro atoms. The quantitative estimate of drug-likeness (QED) is 0.427. The summed E-state index contributed by atoms with van der Waals surface area (Å²) in [5, 5.41) is 0. The second-order valence-corrected chi connectivity index (χ2v) is 9.33. The first-order valence-corrected chi connectivity index (χ1v) is 11.1. The molecule has 30 heavy (non-hydrogen) atoms. The van der Waals surface area contributed by atoms with Crippen molar-refractivity contribution in [3.8, 4) is 0 Å². The third kappa shape index (κ3) is 10.8. The lowest BCUT2D eigenvalue weighted by Gasteiger charge is -2.32. The average molecular weight is 421 g/mol. The Labute approximate surface area is 182 Å². The normalized spacial score (nSPS) is 14.8. The van der Waals surface area contributed by atoms with Gasteiger partial charge in [-0.05, 0) is 51.5 Å². The van der Waals surface area contributed by atoms with Crippen LogP contribution in [-0.4, -0.2) is 36.4 Å². The first-order valence-electron chi connectivity index (χ1n) is 11.1. The minimum atomic E-state index is -0.560. The fraction of sp³-hybridized carbons (Fsp3) is 0.680. The van der Waals surface area contributed by atoms with Crippen LogP contribution >= 0.6 is 0 Å². The van der Waals surface area contributed by atoms with Crippen molar-refractivity contribution in [1.82, 2.24) is 0 Å². The lowest BCUT2D eigenvalue weighted by atomic mass is 9.89. The summed E-state index contributed by atoms with van der Waals surface area (Å²) in [6.45, 7) is 14.2. The Morgan fingerprint density at radius 3 is 2.10 bits per heavy atom. The van der Waals surface area contributed by atoms with Gasteiger partial charge in [-0.1, -0.05) is 57.5 Å². The molecule has 0 N–H and O–H groups in total. The van der Waals surface area contributed by atoms with Gasteiger partial charge in [0.25, 0.3) is 0 Å². The van der Waals surface area contributed by atoms with Gasteiger partial charge in [0, 0.05) is 6.61 Å². The maximum absolute atomic E-state index is 12.3. The molecule has 0 radical (unpaired) electrons. The summed E-state index contributed by atoms with van der Waals surface area (Å²) in [5.74, 6) is -0.187. The summed E-state index contributed by atoms with van der Waals surface area (Å²) in [6.07, 6.45) is 1.19. The largest absolute Gasteiger partial charge is 0.460 e. The van der Waals surface area contributed by atoms with Crippen LogP contribution in [-0.2, 0) is 30.2 Å². The van der Waals surface area contributed by atoms with E-state index in [0.29, 0.717) is 12.5 Å². The molecule has 0 fully saturated rings. The van der Waals surface area contributed by atoms with Gasteiger partial charge in [0.15, 0.2) is 0 Å². The van der Waals surface area contributed by atoms with Crippen molar-refractivity contribution < 1.29 is 23.8 Å². The minimum absolute atomic E-state index is 0.00559. The van der Waals surface area contributed by atoms with Crippen LogP contribution in [0.15, 0.2) is 30.3 Å². The van der Waals surface area contributed by atoms with E-state index < -0.39 is 23.6 Å². The molecule has 5 heteroatoms. The highest BCUT2D eigenvalue weighted by molar-refractivity contribution is 5.77. The second kappa shape index (κ2) is 12.7. The van der Waals surface area contributed by atoms with Gasteiger partial charge in [0.05, 0.1) is 18.9 Å². The SMILES string of the molecule is CC[C@H](Cc1ccccc1)[C@@H](OCC(C)C)[C@H](C)OC(=O)CCC(=O)OC(C)(C)C. The number of carbonyl (C=O) groups excluding carboxylic acids is 2. The van der Waals surface area contributed by atoms with Crippen LogP contribution in [0, 0.1) is 11.8 Å². The van der Waals surface area contributed by atoms with E-state index in [1.165, 1.54) is 5.56 Å². The van der Waals surface area contributed by atoms with E-state index in [1.54, 1.807) is 20.8 Å². The predicted octanol–water partition coefficient (Wildman–Crippen LogP) is 5.35. The van der Waals surface area contributed by atoms with Crippen molar-refractivity contribution in [2.24, 2.45) is 11.8 Å². The summed E-state index contributed by atoms with van der Waals surface area (Å²) in [4.78, 5) is 24.2. The van der Waals surface area contributed by atoms with Gasteiger partial charge < -0.3 is 14.2 Å². The number of rotatable bonds is 12. The Morgan fingerprint density at radius 2 is 1.57 bits per heavy atom. The number of esters is 2. The van der Waals surface area contributed by atoms with Gasteiger partial charge in [-0.2, -0.15) is 0 Å². The van der Waals surface area contributed by atoms with E-state index in [-0.39, 0.29) is 24.9 Å². The molecule has 1 aromatic rings. The topological polar surface area (TPSA) is 61.8 Å². The third-order valence-corrected chi connectivity index (χ3v) is 4.68. The Balaban J connectivity index is 2.73. The van der Waals surface area contributed by atoms with Crippen LogP contribution in [0.2, 0.25) is 0 Å². The Morgan fingerprint density at radius 1 is 0.967 bits per heavy atom. The van der Waals surface area contributed by atoms with E-state index in [0.717, 1.165) is 12.8 Å². The molecule has 0 aromatic heterocycles. The number of carbonyl (C=O) groups is 2. The highest BCUT2D eigenvalue weighted by Gasteiger charge is 2.30. The molecule has 170 valence electrons. The average Bonchev–Trinajstić information content (AvgIpc) is 2.64. The zero-order valence-electron chi connectivity index (χ0n) is 19.8. The predicted molar refractivity (Wildman–Crippen MR) is 119 cm³/mol. The summed E-state index contributed by atoms with van der Waals surface area (Å²) < 4.78 is 17.1. The van der Waals surface area contributed by atoms with E-state index >= 15 is 0 Å². The van der Waals surface area contributed by atoms with Gasteiger partial charge in [-0.25, -0.2) is 0 Å². The number of hydrogen-bond acceptors (Lipinski definition) is 5. The molecular formula is C25H40O5. The molecule has 5 nitrogen and oxygen atoms in total. The van der Waals surface area contributed by atoms with Crippen LogP contribution in [0.25, 0.3) is 0 Å². The van der Waals surface area contributed by atoms with Crippen molar-refractivity contribution in [2.45, 2.75) is 92.0 Å². The standard InChI is InChI=1S/C25H40O5/c1-8-21(16-20-12-10-9-11-13-20)24(28-17-18(2)3)19(4)29-22(26)14-15-23(27)30-25(5,6)7/h9-13,18-19,21,24H,8,14-17H2,1-7H3/t19-,21+,24-/m0/s1. The molecule has 0 unspecified atom stereocenters. The zero-order chi connectivity index (χ0) is 22.7. The maximum atomic E-state index is 12.3. The number of ether oxygens (including phenoxy) is 3. The molecule has 0 saturated heterocycles. The van der Waals surface area contributed by atoms with Crippen molar-refractivity contribution in [1.29, 1.82) is 0 Å². The van der Waals surface area contributed by atoms with Crippen LogP contribution in [0.4, 0.5) is 0 Å². The molecule has 0 bridgehead atoms. The highest BCUT2D eigenvalue weighted by Crippen LogP contribution is 2.24. The molecular weight excluding hydrogens is 380 g/mol. The van der Waals surface area contributed by atoms with Crippen molar-refractivity contribution >= 4 is 11.9 Å². The van der Waals surface area contributed by atoms with E-state index in [2.05, 4.69) is 32.9 Å². The molecule has 0 amide bonds. The Kier molecular flexibility index (Phi) is 11.1. The summed E-state index contributed by atoms with van der Waals surface area (Å²) >= 11 is 0. The fourth-order valence-corrected chi connectivity index (χ4v) is 3.30. The van der Waals surface area contributed by atoms with Crippen molar-refractivity contribution in [3.05, 3.63) is 35.9 Å². The number of hydrogen-bond donors (Lipinski definition) is 0. The first kappa shape index (κ1) is 26.2. The lowest BCUT2D eigenvalue weighted by molar-refractivity contribution is -0.165. The molecule has 0 aliphatic carbocycles. The van der Waals surface area contributed by atoms with E-state index in [9.17, 15) is 9.59 Å². The minimum Gasteiger partial charge on any atom is -0.460 e. The molecule has 3 atom stereocenters.